The van der Waals surface area contributed by atoms with E-state index in [4.69, 9.17) is 0 Å². The lowest BCUT2D eigenvalue weighted by molar-refractivity contribution is 0.797. The standard InChI is InChI=1S/C17H15N3/c1-2-4-17(5-3-1)19-12-15-6-8-16(9-7-15)13-20-11-10-18-14-20/h1-12,14H,13H2. The van der Waals surface area contributed by atoms with Gasteiger partial charge < -0.3 is 4.57 Å². The molecule has 0 N–H and O–H groups in total. The Morgan fingerprint density at radius 3 is 2.50 bits per heavy atom. The van der Waals surface area contributed by atoms with Gasteiger partial charge in [-0.15, -0.1) is 0 Å². The van der Waals surface area contributed by atoms with Crippen LogP contribution in [0, 0.1) is 0 Å². The van der Waals surface area contributed by atoms with Crippen molar-refractivity contribution in [2.45, 2.75) is 6.54 Å². The van der Waals surface area contributed by atoms with Crippen LogP contribution in [-0.2, 0) is 6.54 Å². The highest BCUT2D eigenvalue weighted by atomic mass is 15.0. The molecule has 0 atom stereocenters. The summed E-state index contributed by atoms with van der Waals surface area (Å²) in [6, 6.07) is 18.3. The highest BCUT2D eigenvalue weighted by Crippen LogP contribution is 2.10. The summed E-state index contributed by atoms with van der Waals surface area (Å²) >= 11 is 0. The van der Waals surface area contributed by atoms with E-state index >= 15 is 0 Å². The first-order chi connectivity index (χ1) is 9.90. The van der Waals surface area contributed by atoms with Gasteiger partial charge in [0.1, 0.15) is 0 Å². The van der Waals surface area contributed by atoms with Gasteiger partial charge in [-0.05, 0) is 23.3 Å². The number of para-hydroxylation sites is 1. The summed E-state index contributed by atoms with van der Waals surface area (Å²) in [7, 11) is 0. The minimum absolute atomic E-state index is 0.843. The maximum Gasteiger partial charge on any atom is 0.0949 e. The predicted octanol–water partition coefficient (Wildman–Crippen LogP) is 3.68. The average Bonchev–Trinajstić information content (AvgIpc) is 3.01. The molecule has 0 bridgehead atoms. The quantitative estimate of drug-likeness (QED) is 0.659. The van der Waals surface area contributed by atoms with E-state index in [1.165, 1.54) is 5.56 Å². The molecular weight excluding hydrogens is 246 g/mol. The van der Waals surface area contributed by atoms with Crippen LogP contribution in [0.25, 0.3) is 0 Å². The molecule has 0 aliphatic heterocycles. The molecule has 3 heteroatoms. The first-order valence-corrected chi connectivity index (χ1v) is 6.54. The zero-order valence-corrected chi connectivity index (χ0v) is 11.1. The maximum absolute atomic E-state index is 4.44. The molecule has 2 aromatic carbocycles. The molecule has 0 saturated heterocycles. The van der Waals surface area contributed by atoms with Crippen molar-refractivity contribution in [3.63, 3.8) is 0 Å². The molecule has 3 rings (SSSR count). The van der Waals surface area contributed by atoms with E-state index in [0.717, 1.165) is 17.8 Å². The van der Waals surface area contributed by atoms with Gasteiger partial charge in [0.2, 0.25) is 0 Å². The third-order valence-corrected chi connectivity index (χ3v) is 3.02. The van der Waals surface area contributed by atoms with Gasteiger partial charge in [0.15, 0.2) is 0 Å². The van der Waals surface area contributed by atoms with Crippen LogP contribution >= 0.6 is 0 Å². The van der Waals surface area contributed by atoms with Crippen molar-refractivity contribution in [3.8, 4) is 0 Å². The molecule has 20 heavy (non-hydrogen) atoms. The molecule has 3 aromatic rings. The first-order valence-electron chi connectivity index (χ1n) is 6.54. The lowest BCUT2D eigenvalue weighted by Gasteiger charge is -2.02. The van der Waals surface area contributed by atoms with Crippen molar-refractivity contribution < 1.29 is 0 Å². The Kier molecular flexibility index (Phi) is 3.69. The fourth-order valence-electron chi connectivity index (χ4n) is 1.96. The fourth-order valence-corrected chi connectivity index (χ4v) is 1.96. The molecule has 0 radical (unpaired) electrons. The van der Waals surface area contributed by atoms with Gasteiger partial charge in [0.05, 0.1) is 12.0 Å². The molecule has 98 valence electrons. The molecule has 0 saturated carbocycles. The molecule has 0 spiro atoms. The molecule has 0 unspecified atom stereocenters. The minimum atomic E-state index is 0.843. The van der Waals surface area contributed by atoms with Crippen LogP contribution in [0.15, 0.2) is 78.3 Å². The average molecular weight is 261 g/mol. The van der Waals surface area contributed by atoms with E-state index in [2.05, 4.69) is 34.2 Å². The number of imidazole rings is 1. The van der Waals surface area contributed by atoms with Crippen molar-refractivity contribution in [1.29, 1.82) is 0 Å². The number of aromatic nitrogens is 2. The van der Waals surface area contributed by atoms with Crippen LogP contribution in [0.2, 0.25) is 0 Å². The minimum Gasteiger partial charge on any atom is -0.333 e. The lowest BCUT2D eigenvalue weighted by atomic mass is 10.1. The Morgan fingerprint density at radius 1 is 1.00 bits per heavy atom. The van der Waals surface area contributed by atoms with Gasteiger partial charge in [-0.1, -0.05) is 42.5 Å². The highest BCUT2D eigenvalue weighted by molar-refractivity contribution is 5.81. The second kappa shape index (κ2) is 5.97. The van der Waals surface area contributed by atoms with Crippen LogP contribution < -0.4 is 0 Å². The van der Waals surface area contributed by atoms with Crippen LogP contribution in [-0.4, -0.2) is 15.8 Å². The SMILES string of the molecule is C(=Nc1ccccc1)c1ccc(Cn2ccnc2)cc1. The van der Waals surface area contributed by atoms with Gasteiger partial charge in [-0.25, -0.2) is 4.98 Å². The first kappa shape index (κ1) is 12.4. The van der Waals surface area contributed by atoms with Gasteiger partial charge in [-0.2, -0.15) is 0 Å². The summed E-state index contributed by atoms with van der Waals surface area (Å²) in [4.78, 5) is 8.48. The summed E-state index contributed by atoms with van der Waals surface area (Å²) in [5.74, 6) is 0. The topological polar surface area (TPSA) is 30.2 Å². The number of rotatable bonds is 4. The summed E-state index contributed by atoms with van der Waals surface area (Å²) in [6.07, 6.45) is 7.47. The highest BCUT2D eigenvalue weighted by Gasteiger charge is 1.95. The number of benzene rings is 2. The van der Waals surface area contributed by atoms with Gasteiger partial charge in [0, 0.05) is 25.2 Å². The van der Waals surface area contributed by atoms with Crippen molar-refractivity contribution in [2.24, 2.45) is 4.99 Å². The Bertz CT molecular complexity index is 668. The van der Waals surface area contributed by atoms with Crippen molar-refractivity contribution in [1.82, 2.24) is 9.55 Å². The van der Waals surface area contributed by atoms with E-state index in [1.807, 2.05) is 53.6 Å². The molecular formula is C17H15N3. The number of aliphatic imine (C=N–C) groups is 1. The largest absolute Gasteiger partial charge is 0.333 e. The summed E-state index contributed by atoms with van der Waals surface area (Å²) in [5.41, 5.74) is 3.32. The number of nitrogens with zero attached hydrogens (tertiary/aromatic N) is 3. The predicted molar refractivity (Wildman–Crippen MR) is 81.5 cm³/mol. The van der Waals surface area contributed by atoms with Gasteiger partial charge in [-0.3, -0.25) is 4.99 Å². The molecule has 0 fully saturated rings. The maximum atomic E-state index is 4.44. The summed E-state index contributed by atoms with van der Waals surface area (Å²) in [5, 5.41) is 0. The van der Waals surface area contributed by atoms with Crippen molar-refractivity contribution >= 4 is 11.9 Å². The molecule has 0 amide bonds. The second-order valence-corrected chi connectivity index (χ2v) is 4.57. The van der Waals surface area contributed by atoms with Crippen LogP contribution in [0.1, 0.15) is 11.1 Å². The molecule has 0 aliphatic carbocycles. The third kappa shape index (κ3) is 3.20. The summed E-state index contributed by atoms with van der Waals surface area (Å²) < 4.78 is 2.05. The van der Waals surface area contributed by atoms with E-state index in [9.17, 15) is 0 Å². The zero-order chi connectivity index (χ0) is 13.6. The van der Waals surface area contributed by atoms with Crippen LogP contribution in [0.3, 0.4) is 0 Å². The third-order valence-electron chi connectivity index (χ3n) is 3.02. The van der Waals surface area contributed by atoms with Gasteiger partial charge in [0.25, 0.3) is 0 Å². The number of hydrogen-bond acceptors (Lipinski definition) is 2. The van der Waals surface area contributed by atoms with Crippen molar-refractivity contribution in [2.75, 3.05) is 0 Å². The van der Waals surface area contributed by atoms with E-state index in [0.29, 0.717) is 0 Å². The fraction of sp³-hybridized carbons (Fsp3) is 0.0588. The monoisotopic (exact) mass is 261 g/mol. The van der Waals surface area contributed by atoms with Crippen molar-refractivity contribution in [3.05, 3.63) is 84.4 Å². The molecule has 3 nitrogen and oxygen atoms in total. The smallest absolute Gasteiger partial charge is 0.0949 e. The number of hydrogen-bond donors (Lipinski definition) is 0. The van der Waals surface area contributed by atoms with E-state index < -0.39 is 0 Å². The van der Waals surface area contributed by atoms with E-state index in [-0.39, 0.29) is 0 Å². The zero-order valence-electron chi connectivity index (χ0n) is 11.1. The molecule has 1 heterocycles. The second-order valence-electron chi connectivity index (χ2n) is 4.57. The Labute approximate surface area is 118 Å². The van der Waals surface area contributed by atoms with Gasteiger partial charge >= 0.3 is 0 Å². The molecule has 1 aromatic heterocycles. The Hall–Kier alpha value is -2.68. The Balaban J connectivity index is 1.68. The van der Waals surface area contributed by atoms with Crippen LogP contribution in [0.5, 0.6) is 0 Å². The lowest BCUT2D eigenvalue weighted by Crippen LogP contribution is -1.96. The molecule has 0 aliphatic rings. The summed E-state index contributed by atoms with van der Waals surface area (Å²) in [6.45, 7) is 0.843. The normalized spacial score (nSPS) is 11.0. The van der Waals surface area contributed by atoms with E-state index in [1.54, 1.807) is 6.20 Å². The Morgan fingerprint density at radius 2 is 1.80 bits per heavy atom. The van der Waals surface area contributed by atoms with Crippen LogP contribution in [0.4, 0.5) is 5.69 Å².